The number of hydrogen-bond acceptors (Lipinski definition) is 7. The van der Waals surface area contributed by atoms with Gasteiger partial charge in [0.2, 0.25) is 5.12 Å². The van der Waals surface area contributed by atoms with Crippen LogP contribution in [-0.2, 0) is 16.2 Å². The fourth-order valence-electron chi connectivity index (χ4n) is 3.16. The molecule has 1 saturated heterocycles. The van der Waals surface area contributed by atoms with Crippen molar-refractivity contribution in [1.29, 1.82) is 0 Å². The van der Waals surface area contributed by atoms with Crippen molar-refractivity contribution in [3.05, 3.63) is 70.3 Å². The highest BCUT2D eigenvalue weighted by atomic mass is 32.2. The van der Waals surface area contributed by atoms with Gasteiger partial charge in [-0.1, -0.05) is 30.3 Å². The summed E-state index contributed by atoms with van der Waals surface area (Å²) in [4.78, 5) is 41.7. The number of amides is 1. The summed E-state index contributed by atoms with van der Waals surface area (Å²) >= 11 is 0.890. The third-order valence-corrected chi connectivity index (χ3v) is 5.68. The number of rotatable bonds is 7. The van der Waals surface area contributed by atoms with Crippen molar-refractivity contribution < 1.29 is 24.5 Å². The van der Waals surface area contributed by atoms with Crippen LogP contribution in [0, 0.1) is 10.1 Å². The largest absolute Gasteiger partial charge is 0.465 e. The average Bonchev–Trinajstić information content (AvgIpc) is 2.74. The maximum absolute atomic E-state index is 12.7. The molecule has 2 atom stereocenters. The average molecular weight is 431 g/mol. The Balaban J connectivity index is 1.54. The van der Waals surface area contributed by atoms with Gasteiger partial charge in [-0.3, -0.25) is 24.6 Å². The first-order valence-corrected chi connectivity index (χ1v) is 10.1. The minimum absolute atomic E-state index is 0.0685. The van der Waals surface area contributed by atoms with Crippen LogP contribution in [0.5, 0.6) is 0 Å². The van der Waals surface area contributed by atoms with E-state index in [2.05, 4.69) is 5.48 Å². The van der Waals surface area contributed by atoms with Gasteiger partial charge in [0.25, 0.3) is 5.69 Å². The molecule has 0 aromatic heterocycles. The van der Waals surface area contributed by atoms with Gasteiger partial charge in [0.1, 0.15) is 6.04 Å². The summed E-state index contributed by atoms with van der Waals surface area (Å²) in [6, 6.07) is 14.2. The standard InChI is InChI=1S/C20H21N3O6S/c24-19(30-17-9-7-16(8-10-17)23(27)28)18-11-6-15(12-22(18)20(25)26)21-29-13-14-4-2-1-3-5-14/h1-5,7-10,15,18,21H,6,11-13H2,(H,25,26)/t15-,18+/m1/s1. The van der Waals surface area contributed by atoms with Gasteiger partial charge in [-0.05, 0) is 42.3 Å². The van der Waals surface area contributed by atoms with Crippen molar-refractivity contribution in [3.63, 3.8) is 0 Å². The molecule has 1 heterocycles. The van der Waals surface area contributed by atoms with E-state index in [1.807, 2.05) is 30.3 Å². The van der Waals surface area contributed by atoms with E-state index < -0.39 is 17.1 Å². The number of nitrogens with one attached hydrogen (secondary N) is 1. The zero-order chi connectivity index (χ0) is 21.5. The van der Waals surface area contributed by atoms with Crippen LogP contribution in [0.4, 0.5) is 10.5 Å². The van der Waals surface area contributed by atoms with Crippen molar-refractivity contribution in [3.8, 4) is 0 Å². The number of benzene rings is 2. The normalized spacial score (nSPS) is 18.7. The lowest BCUT2D eigenvalue weighted by molar-refractivity contribution is -0.384. The van der Waals surface area contributed by atoms with E-state index in [-0.39, 0.29) is 23.4 Å². The van der Waals surface area contributed by atoms with Crippen LogP contribution in [0.25, 0.3) is 0 Å². The summed E-state index contributed by atoms with van der Waals surface area (Å²) < 4.78 is 0. The number of likely N-dealkylation sites (tertiary alicyclic amines) is 1. The summed E-state index contributed by atoms with van der Waals surface area (Å²) in [5.74, 6) is 0. The van der Waals surface area contributed by atoms with E-state index in [4.69, 9.17) is 4.84 Å². The second-order valence-electron chi connectivity index (χ2n) is 6.79. The molecular weight excluding hydrogens is 410 g/mol. The molecule has 10 heteroatoms. The molecule has 0 spiro atoms. The number of non-ortho nitro benzene ring substituents is 1. The second kappa shape index (κ2) is 10.2. The van der Waals surface area contributed by atoms with Crippen LogP contribution in [-0.4, -0.2) is 44.8 Å². The van der Waals surface area contributed by atoms with E-state index in [0.29, 0.717) is 24.3 Å². The highest BCUT2D eigenvalue weighted by molar-refractivity contribution is 8.13. The van der Waals surface area contributed by atoms with Gasteiger partial charge < -0.3 is 5.11 Å². The van der Waals surface area contributed by atoms with Gasteiger partial charge in [-0.15, -0.1) is 0 Å². The van der Waals surface area contributed by atoms with Crippen LogP contribution in [0.2, 0.25) is 0 Å². The summed E-state index contributed by atoms with van der Waals surface area (Å²) in [6.45, 7) is 0.476. The van der Waals surface area contributed by atoms with Gasteiger partial charge in [0, 0.05) is 23.6 Å². The number of carbonyl (C=O) groups excluding carboxylic acids is 1. The van der Waals surface area contributed by atoms with Crippen LogP contribution < -0.4 is 5.48 Å². The summed E-state index contributed by atoms with van der Waals surface area (Å²) in [5, 5.41) is 20.0. The Bertz CT molecular complexity index is 893. The molecular formula is C20H21N3O6S. The van der Waals surface area contributed by atoms with Gasteiger partial charge >= 0.3 is 6.09 Å². The third-order valence-electron chi connectivity index (χ3n) is 4.70. The van der Waals surface area contributed by atoms with Crippen molar-refractivity contribution in [1.82, 2.24) is 10.4 Å². The molecule has 158 valence electrons. The van der Waals surface area contributed by atoms with Crippen molar-refractivity contribution >= 4 is 28.7 Å². The smallest absolute Gasteiger partial charge is 0.407 e. The highest BCUT2D eigenvalue weighted by Crippen LogP contribution is 2.28. The second-order valence-corrected chi connectivity index (χ2v) is 7.87. The number of nitro groups is 1. The number of hydrogen-bond donors (Lipinski definition) is 2. The Morgan fingerprint density at radius 2 is 1.87 bits per heavy atom. The van der Waals surface area contributed by atoms with Crippen molar-refractivity contribution in [2.45, 2.75) is 36.4 Å². The first-order valence-electron chi connectivity index (χ1n) is 9.31. The first-order chi connectivity index (χ1) is 14.4. The number of carboxylic acid groups (broad SMARTS) is 1. The molecule has 2 N–H and O–H groups in total. The summed E-state index contributed by atoms with van der Waals surface area (Å²) in [5.41, 5.74) is 3.81. The molecule has 9 nitrogen and oxygen atoms in total. The molecule has 1 amide bonds. The molecule has 2 aromatic carbocycles. The lowest BCUT2D eigenvalue weighted by Crippen LogP contribution is -2.54. The lowest BCUT2D eigenvalue weighted by Gasteiger charge is -2.36. The lowest BCUT2D eigenvalue weighted by atomic mass is 10.00. The minimum atomic E-state index is -1.17. The predicted molar refractivity (Wildman–Crippen MR) is 110 cm³/mol. The fraction of sp³-hybridized carbons (Fsp3) is 0.300. The zero-order valence-corrected chi connectivity index (χ0v) is 16.8. The van der Waals surface area contributed by atoms with E-state index in [1.165, 1.54) is 24.3 Å². The number of nitrogens with zero attached hydrogens (tertiary/aromatic N) is 2. The quantitative estimate of drug-likeness (QED) is 0.388. The molecule has 3 rings (SSSR count). The SMILES string of the molecule is O=C(Sc1ccc([N+](=O)[O-])cc1)[C@@H]1CC[C@@H](NOCc2ccccc2)CN1C(=O)O. The molecule has 0 radical (unpaired) electrons. The van der Waals surface area contributed by atoms with E-state index >= 15 is 0 Å². The van der Waals surface area contributed by atoms with E-state index in [1.54, 1.807) is 0 Å². The molecule has 30 heavy (non-hydrogen) atoms. The Labute approximate surface area is 177 Å². The van der Waals surface area contributed by atoms with Crippen LogP contribution >= 0.6 is 11.8 Å². The third kappa shape index (κ3) is 5.78. The summed E-state index contributed by atoms with van der Waals surface area (Å²) in [6.07, 6.45) is -0.236. The molecule has 0 unspecified atom stereocenters. The van der Waals surface area contributed by atoms with Gasteiger partial charge in [-0.25, -0.2) is 4.79 Å². The molecule has 0 aliphatic carbocycles. The Morgan fingerprint density at radius 3 is 2.50 bits per heavy atom. The molecule has 0 bridgehead atoms. The predicted octanol–water partition coefficient (Wildman–Crippen LogP) is 3.45. The van der Waals surface area contributed by atoms with Crippen LogP contribution in [0.15, 0.2) is 59.5 Å². The maximum atomic E-state index is 12.7. The van der Waals surface area contributed by atoms with Gasteiger partial charge in [-0.2, -0.15) is 5.48 Å². The highest BCUT2D eigenvalue weighted by Gasteiger charge is 2.36. The topological polar surface area (TPSA) is 122 Å². The molecule has 2 aromatic rings. The first kappa shape index (κ1) is 21.8. The van der Waals surface area contributed by atoms with E-state index in [9.17, 15) is 24.8 Å². The molecule has 1 fully saturated rings. The zero-order valence-electron chi connectivity index (χ0n) is 16.0. The molecule has 1 aliphatic rings. The fourth-order valence-corrected chi connectivity index (χ4v) is 4.05. The number of carbonyl (C=O) groups is 2. The Hall–Kier alpha value is -2.95. The number of piperidine rings is 1. The van der Waals surface area contributed by atoms with Crippen LogP contribution in [0.3, 0.4) is 0 Å². The van der Waals surface area contributed by atoms with Crippen molar-refractivity contribution in [2.75, 3.05) is 6.54 Å². The van der Waals surface area contributed by atoms with E-state index in [0.717, 1.165) is 22.2 Å². The Morgan fingerprint density at radius 1 is 1.17 bits per heavy atom. The minimum Gasteiger partial charge on any atom is -0.465 e. The number of thioether (sulfide) groups is 1. The Kier molecular flexibility index (Phi) is 7.39. The maximum Gasteiger partial charge on any atom is 0.407 e. The number of hydroxylamine groups is 1. The number of nitro benzene ring substituents is 1. The monoisotopic (exact) mass is 431 g/mol. The molecule has 1 aliphatic heterocycles. The molecule has 0 saturated carbocycles. The van der Waals surface area contributed by atoms with Crippen molar-refractivity contribution in [2.24, 2.45) is 0 Å². The van der Waals surface area contributed by atoms with Gasteiger partial charge in [0.15, 0.2) is 0 Å². The van der Waals surface area contributed by atoms with Crippen LogP contribution in [0.1, 0.15) is 18.4 Å². The van der Waals surface area contributed by atoms with Gasteiger partial charge in [0.05, 0.1) is 17.6 Å². The summed E-state index contributed by atoms with van der Waals surface area (Å²) in [7, 11) is 0.